The molecule has 3 rings (SSSR count). The summed E-state index contributed by atoms with van der Waals surface area (Å²) in [6.45, 7) is 1.83. The molecule has 0 radical (unpaired) electrons. The number of carbonyl (C=O) groups is 1. The maximum atomic E-state index is 11.8. The van der Waals surface area contributed by atoms with Crippen molar-refractivity contribution < 1.29 is 14.6 Å². The fourth-order valence-electron chi connectivity index (χ4n) is 2.78. The molecule has 90 valence electrons. The molecule has 1 aromatic rings. The lowest BCUT2D eigenvalue weighted by Gasteiger charge is -2.39. The van der Waals surface area contributed by atoms with E-state index in [1.807, 2.05) is 19.1 Å². The molecule has 1 aromatic heterocycles. The number of ether oxygens (including phenoxy) is 1. The summed E-state index contributed by atoms with van der Waals surface area (Å²) in [7, 11) is 0. The van der Waals surface area contributed by atoms with Gasteiger partial charge in [0.1, 0.15) is 5.60 Å². The van der Waals surface area contributed by atoms with Crippen molar-refractivity contribution in [3.63, 3.8) is 0 Å². The van der Waals surface area contributed by atoms with E-state index in [4.69, 9.17) is 4.74 Å². The molecule has 1 fully saturated rings. The predicted molar refractivity (Wildman–Crippen MR) is 60.4 cm³/mol. The average Bonchev–Trinajstić information content (AvgIpc) is 2.59. The first-order chi connectivity index (χ1) is 8.03. The zero-order chi connectivity index (χ0) is 12.1. The first-order valence-electron chi connectivity index (χ1n) is 5.94. The molecule has 1 aliphatic carbocycles. The molecule has 2 aliphatic rings. The van der Waals surface area contributed by atoms with Gasteiger partial charge in [0.25, 0.3) is 0 Å². The third-order valence-corrected chi connectivity index (χ3v) is 3.91. The lowest BCUT2D eigenvalue weighted by Crippen LogP contribution is -2.39. The van der Waals surface area contributed by atoms with Crippen molar-refractivity contribution in [2.75, 3.05) is 0 Å². The van der Waals surface area contributed by atoms with Crippen LogP contribution < -0.4 is 0 Å². The van der Waals surface area contributed by atoms with Crippen molar-refractivity contribution in [2.24, 2.45) is 0 Å². The van der Waals surface area contributed by atoms with Crippen LogP contribution in [0.25, 0.3) is 0 Å². The minimum atomic E-state index is -0.636. The van der Waals surface area contributed by atoms with Gasteiger partial charge in [0, 0.05) is 11.8 Å². The molecule has 1 saturated carbocycles. The molecule has 0 bridgehead atoms. The number of fused-ring (bicyclic) bond motifs is 2. The lowest BCUT2D eigenvalue weighted by molar-refractivity contribution is -0.0797. The van der Waals surface area contributed by atoms with Crippen molar-refractivity contribution in [1.29, 1.82) is 0 Å². The Morgan fingerprint density at radius 3 is 2.76 bits per heavy atom. The van der Waals surface area contributed by atoms with Gasteiger partial charge >= 0.3 is 5.97 Å². The van der Waals surface area contributed by atoms with Crippen LogP contribution in [0.5, 0.6) is 0 Å². The number of aromatic nitrogens is 1. The number of carbonyl (C=O) groups excluding carboxylic acids is 1. The van der Waals surface area contributed by atoms with Crippen molar-refractivity contribution in [1.82, 2.24) is 4.98 Å². The molecule has 0 saturated heterocycles. The van der Waals surface area contributed by atoms with Crippen LogP contribution in [0.15, 0.2) is 18.3 Å². The quantitative estimate of drug-likeness (QED) is 0.694. The van der Waals surface area contributed by atoms with E-state index >= 15 is 0 Å². The summed E-state index contributed by atoms with van der Waals surface area (Å²) in [5.74, 6) is -0.331. The molecule has 2 heterocycles. The molecule has 0 amide bonds. The van der Waals surface area contributed by atoms with Crippen molar-refractivity contribution in [3.8, 4) is 0 Å². The normalized spacial score (nSPS) is 35.8. The van der Waals surface area contributed by atoms with E-state index in [0.717, 1.165) is 5.56 Å². The number of nitrogens with zero attached hydrogens (tertiary/aromatic N) is 1. The van der Waals surface area contributed by atoms with E-state index in [-0.39, 0.29) is 5.97 Å². The Labute approximate surface area is 99.6 Å². The van der Waals surface area contributed by atoms with Crippen LogP contribution in [0.4, 0.5) is 0 Å². The molecule has 1 spiro atoms. The van der Waals surface area contributed by atoms with E-state index in [1.165, 1.54) is 0 Å². The zero-order valence-corrected chi connectivity index (χ0v) is 9.77. The second kappa shape index (κ2) is 3.29. The smallest absolute Gasteiger partial charge is 0.358 e. The van der Waals surface area contributed by atoms with Crippen molar-refractivity contribution >= 4 is 5.97 Å². The Balaban J connectivity index is 1.99. The maximum absolute atomic E-state index is 11.8. The van der Waals surface area contributed by atoms with Gasteiger partial charge in [-0.15, -0.1) is 0 Å². The third kappa shape index (κ3) is 1.55. The second-order valence-electron chi connectivity index (χ2n) is 5.28. The standard InChI is InChI=1S/C13H15NO3/c1-12(16)4-6-13(7-5-12)9-3-2-8-14-10(9)11(15)17-13/h2-3,8,16H,4-7H2,1H3. The highest BCUT2D eigenvalue weighted by Gasteiger charge is 2.50. The van der Waals surface area contributed by atoms with Crippen LogP contribution in [0.1, 0.15) is 48.7 Å². The summed E-state index contributed by atoms with van der Waals surface area (Å²) in [6.07, 6.45) is 4.25. The highest BCUT2D eigenvalue weighted by molar-refractivity contribution is 5.92. The molecule has 17 heavy (non-hydrogen) atoms. The minimum Gasteiger partial charge on any atom is -0.449 e. The van der Waals surface area contributed by atoms with Crippen LogP contribution in [0, 0.1) is 0 Å². The van der Waals surface area contributed by atoms with E-state index in [0.29, 0.717) is 31.4 Å². The summed E-state index contributed by atoms with van der Waals surface area (Å²) in [4.78, 5) is 15.8. The Hall–Kier alpha value is -1.42. The first-order valence-corrected chi connectivity index (χ1v) is 5.94. The van der Waals surface area contributed by atoms with Crippen molar-refractivity contribution in [3.05, 3.63) is 29.6 Å². The molecule has 1 aliphatic heterocycles. The number of hydrogen-bond acceptors (Lipinski definition) is 4. The predicted octanol–water partition coefficient (Wildman–Crippen LogP) is 1.77. The van der Waals surface area contributed by atoms with Gasteiger partial charge in [0.05, 0.1) is 5.60 Å². The number of pyridine rings is 1. The fourth-order valence-corrected chi connectivity index (χ4v) is 2.78. The van der Waals surface area contributed by atoms with Gasteiger partial charge in [-0.05, 0) is 38.7 Å². The highest BCUT2D eigenvalue weighted by atomic mass is 16.6. The van der Waals surface area contributed by atoms with E-state index < -0.39 is 11.2 Å². The number of aliphatic hydroxyl groups is 1. The minimum absolute atomic E-state index is 0.331. The topological polar surface area (TPSA) is 59.4 Å². The van der Waals surface area contributed by atoms with Gasteiger partial charge in [0.15, 0.2) is 5.69 Å². The molecule has 0 aromatic carbocycles. The van der Waals surface area contributed by atoms with Crippen LogP contribution in [0.2, 0.25) is 0 Å². The highest BCUT2D eigenvalue weighted by Crippen LogP contribution is 2.48. The first kappa shape index (κ1) is 10.7. The SMILES string of the molecule is CC1(O)CCC2(CC1)OC(=O)c1ncccc12. The largest absolute Gasteiger partial charge is 0.449 e. The summed E-state index contributed by atoms with van der Waals surface area (Å²) < 4.78 is 5.54. The molecule has 0 atom stereocenters. The van der Waals surface area contributed by atoms with Gasteiger partial charge in [-0.3, -0.25) is 0 Å². The average molecular weight is 233 g/mol. The van der Waals surface area contributed by atoms with E-state index in [1.54, 1.807) is 6.20 Å². The molecule has 4 heteroatoms. The van der Waals surface area contributed by atoms with Gasteiger partial charge in [0.2, 0.25) is 0 Å². The number of hydrogen-bond donors (Lipinski definition) is 1. The van der Waals surface area contributed by atoms with Gasteiger partial charge < -0.3 is 9.84 Å². The van der Waals surface area contributed by atoms with Gasteiger partial charge in [-0.1, -0.05) is 6.07 Å². The summed E-state index contributed by atoms with van der Waals surface area (Å²) in [6, 6.07) is 3.74. The lowest BCUT2D eigenvalue weighted by atomic mass is 9.74. The third-order valence-electron chi connectivity index (χ3n) is 3.91. The van der Waals surface area contributed by atoms with Crippen LogP contribution in [0.3, 0.4) is 0 Å². The zero-order valence-electron chi connectivity index (χ0n) is 9.77. The molecular formula is C13H15NO3. The Kier molecular flexibility index (Phi) is 2.08. The molecule has 1 N–H and O–H groups in total. The van der Waals surface area contributed by atoms with Crippen LogP contribution in [-0.4, -0.2) is 21.7 Å². The maximum Gasteiger partial charge on any atom is 0.358 e. The van der Waals surface area contributed by atoms with Gasteiger partial charge in [-0.25, -0.2) is 9.78 Å². The Morgan fingerprint density at radius 2 is 2.06 bits per heavy atom. The summed E-state index contributed by atoms with van der Waals surface area (Å²) in [5, 5.41) is 9.98. The number of esters is 1. The molecule has 0 unspecified atom stereocenters. The Morgan fingerprint density at radius 1 is 1.35 bits per heavy atom. The number of rotatable bonds is 0. The Bertz CT molecular complexity index is 471. The monoisotopic (exact) mass is 233 g/mol. The van der Waals surface area contributed by atoms with Crippen molar-refractivity contribution in [2.45, 2.75) is 43.8 Å². The van der Waals surface area contributed by atoms with Crippen LogP contribution in [-0.2, 0) is 10.3 Å². The van der Waals surface area contributed by atoms with Gasteiger partial charge in [-0.2, -0.15) is 0 Å². The molecule has 4 nitrogen and oxygen atoms in total. The van der Waals surface area contributed by atoms with E-state index in [2.05, 4.69) is 4.98 Å². The van der Waals surface area contributed by atoms with E-state index in [9.17, 15) is 9.90 Å². The van der Waals surface area contributed by atoms with Crippen LogP contribution >= 0.6 is 0 Å². The fraction of sp³-hybridized carbons (Fsp3) is 0.538. The summed E-state index contributed by atoms with van der Waals surface area (Å²) in [5.41, 5.74) is 0.153. The summed E-state index contributed by atoms with van der Waals surface area (Å²) >= 11 is 0. The second-order valence-corrected chi connectivity index (χ2v) is 5.28. The molecular weight excluding hydrogens is 218 g/mol.